The van der Waals surface area contributed by atoms with Crippen molar-refractivity contribution in [3.8, 4) is 0 Å². The number of amides is 2. The van der Waals surface area contributed by atoms with Gasteiger partial charge in [-0.15, -0.1) is 11.8 Å². The topological polar surface area (TPSA) is 78.4 Å². The number of carbonyl (C=O) groups excluding carboxylic acids is 2. The van der Waals surface area contributed by atoms with E-state index < -0.39 is 5.25 Å². The second-order valence-electron chi connectivity index (χ2n) is 6.02. The van der Waals surface area contributed by atoms with Gasteiger partial charge < -0.3 is 15.7 Å². The van der Waals surface area contributed by atoms with Gasteiger partial charge in [-0.2, -0.15) is 0 Å². The summed E-state index contributed by atoms with van der Waals surface area (Å²) in [5.74, 6) is -0.0597. The molecule has 2 amide bonds. The molecule has 126 valence electrons. The van der Waals surface area contributed by atoms with Crippen molar-refractivity contribution in [1.29, 1.82) is 0 Å². The second-order valence-corrected chi connectivity index (χ2v) is 7.70. The van der Waals surface area contributed by atoms with E-state index in [0.29, 0.717) is 23.0 Å². The van der Waals surface area contributed by atoms with Crippen LogP contribution in [0.5, 0.6) is 0 Å². The summed E-state index contributed by atoms with van der Waals surface area (Å²) in [6.07, 6.45) is 0.779. The minimum absolute atomic E-state index is 0.0765. The van der Waals surface area contributed by atoms with Crippen LogP contribution in [0.1, 0.15) is 26.7 Å². The van der Waals surface area contributed by atoms with E-state index >= 15 is 0 Å². The lowest BCUT2D eigenvalue weighted by atomic mass is 10.0. The maximum absolute atomic E-state index is 12.1. The van der Waals surface area contributed by atoms with Crippen LogP contribution >= 0.6 is 23.4 Å². The fourth-order valence-corrected chi connectivity index (χ4v) is 3.72. The fourth-order valence-electron chi connectivity index (χ4n) is 2.46. The van der Waals surface area contributed by atoms with Gasteiger partial charge in [0.2, 0.25) is 11.8 Å². The highest BCUT2D eigenvalue weighted by Gasteiger charge is 2.29. The predicted octanol–water partition coefficient (Wildman–Crippen LogP) is 2.67. The molecule has 1 aromatic rings. The van der Waals surface area contributed by atoms with Gasteiger partial charge in [0.05, 0.1) is 23.6 Å². The van der Waals surface area contributed by atoms with E-state index in [2.05, 4.69) is 10.6 Å². The van der Waals surface area contributed by atoms with Crippen LogP contribution in [0.2, 0.25) is 5.02 Å². The normalized spacial score (nSPS) is 18.3. The quantitative estimate of drug-likeness (QED) is 0.732. The Balaban J connectivity index is 1.96. The largest absolute Gasteiger partial charge is 0.394 e. The minimum atomic E-state index is -0.484. The number of halogens is 1. The van der Waals surface area contributed by atoms with Gasteiger partial charge in [0, 0.05) is 16.3 Å². The molecular formula is C16H21ClN2O3S. The fraction of sp³-hybridized carbons (Fsp3) is 0.500. The molecule has 0 aliphatic carbocycles. The van der Waals surface area contributed by atoms with Crippen LogP contribution in [0.3, 0.4) is 0 Å². The van der Waals surface area contributed by atoms with Gasteiger partial charge in [-0.1, -0.05) is 25.4 Å². The van der Waals surface area contributed by atoms with Crippen LogP contribution < -0.4 is 10.6 Å². The molecule has 0 unspecified atom stereocenters. The van der Waals surface area contributed by atoms with Crippen molar-refractivity contribution in [2.45, 2.75) is 42.9 Å². The Kier molecular flexibility index (Phi) is 6.33. The third-order valence-corrected chi connectivity index (χ3v) is 4.98. The van der Waals surface area contributed by atoms with Crippen molar-refractivity contribution in [3.63, 3.8) is 0 Å². The highest BCUT2D eigenvalue weighted by molar-refractivity contribution is 8.01. The molecule has 2 rings (SSSR count). The zero-order chi connectivity index (χ0) is 17.0. The molecule has 3 N–H and O–H groups in total. The van der Waals surface area contributed by atoms with Crippen molar-refractivity contribution in [2.24, 2.45) is 5.92 Å². The number of thioether (sulfide) groups is 1. The summed E-state index contributed by atoms with van der Waals surface area (Å²) in [6.45, 7) is 3.96. The molecule has 1 aromatic carbocycles. The van der Waals surface area contributed by atoms with E-state index in [-0.39, 0.29) is 30.9 Å². The van der Waals surface area contributed by atoms with Gasteiger partial charge >= 0.3 is 0 Å². The number of nitrogens with one attached hydrogen (secondary N) is 2. The summed E-state index contributed by atoms with van der Waals surface area (Å²) in [5.41, 5.74) is 0.678. The molecule has 0 saturated heterocycles. The lowest BCUT2D eigenvalue weighted by Crippen LogP contribution is -2.41. The van der Waals surface area contributed by atoms with E-state index in [1.54, 1.807) is 12.1 Å². The molecule has 0 saturated carbocycles. The summed E-state index contributed by atoms with van der Waals surface area (Å²) >= 11 is 7.27. The van der Waals surface area contributed by atoms with Crippen molar-refractivity contribution in [2.75, 3.05) is 11.9 Å². The lowest BCUT2D eigenvalue weighted by molar-refractivity contribution is -0.124. The number of aliphatic hydroxyl groups is 1. The molecule has 1 heterocycles. The van der Waals surface area contributed by atoms with Gasteiger partial charge in [0.1, 0.15) is 0 Å². The first-order chi connectivity index (χ1) is 10.9. The summed E-state index contributed by atoms with van der Waals surface area (Å²) in [4.78, 5) is 25.2. The van der Waals surface area contributed by atoms with Crippen molar-refractivity contribution in [3.05, 3.63) is 23.2 Å². The van der Waals surface area contributed by atoms with Crippen LogP contribution in [0.25, 0.3) is 0 Å². The maximum Gasteiger partial charge on any atom is 0.238 e. The molecule has 0 spiro atoms. The molecule has 0 radical (unpaired) electrons. The number of aliphatic hydroxyl groups excluding tert-OH is 1. The van der Waals surface area contributed by atoms with E-state index in [9.17, 15) is 14.7 Å². The van der Waals surface area contributed by atoms with E-state index in [1.165, 1.54) is 11.8 Å². The van der Waals surface area contributed by atoms with Crippen LogP contribution in [0.15, 0.2) is 23.1 Å². The average molecular weight is 357 g/mol. The molecule has 2 atom stereocenters. The molecule has 0 fully saturated rings. The standard InChI is InChI=1S/C16H21ClN2O3S/c1-9(2)5-11(8-20)18-15(21)7-14-16(22)19-12-6-10(17)3-4-13(12)23-14/h3-4,6,9,11,14,20H,5,7-8H2,1-2H3,(H,18,21)(H,19,22)/t11-,14+/m0/s1. The van der Waals surface area contributed by atoms with E-state index in [0.717, 1.165) is 4.90 Å². The highest BCUT2D eigenvalue weighted by Crippen LogP contribution is 2.38. The minimum Gasteiger partial charge on any atom is -0.394 e. The number of benzene rings is 1. The summed E-state index contributed by atoms with van der Waals surface area (Å²) < 4.78 is 0. The van der Waals surface area contributed by atoms with Gasteiger partial charge in [-0.25, -0.2) is 0 Å². The molecule has 1 aliphatic rings. The molecule has 5 nitrogen and oxygen atoms in total. The number of anilines is 1. The molecule has 0 bridgehead atoms. The third kappa shape index (κ3) is 5.12. The monoisotopic (exact) mass is 356 g/mol. The second kappa shape index (κ2) is 8.04. The number of fused-ring (bicyclic) bond motifs is 1. The first kappa shape index (κ1) is 18.1. The van der Waals surface area contributed by atoms with Gasteiger partial charge in [-0.3, -0.25) is 9.59 Å². The van der Waals surface area contributed by atoms with Crippen molar-refractivity contribution >= 4 is 40.9 Å². The number of hydrogen-bond acceptors (Lipinski definition) is 4. The highest BCUT2D eigenvalue weighted by atomic mass is 35.5. The Labute approximate surface area is 145 Å². The molecular weight excluding hydrogens is 336 g/mol. The van der Waals surface area contributed by atoms with Crippen LogP contribution in [-0.2, 0) is 9.59 Å². The Hall–Kier alpha value is -1.24. The van der Waals surface area contributed by atoms with Crippen molar-refractivity contribution in [1.82, 2.24) is 5.32 Å². The Morgan fingerprint density at radius 2 is 2.22 bits per heavy atom. The van der Waals surface area contributed by atoms with Gasteiger partial charge in [0.25, 0.3) is 0 Å². The molecule has 23 heavy (non-hydrogen) atoms. The Morgan fingerprint density at radius 1 is 1.48 bits per heavy atom. The zero-order valence-electron chi connectivity index (χ0n) is 13.1. The summed E-state index contributed by atoms with van der Waals surface area (Å²) in [6, 6.07) is 5.02. The number of carbonyl (C=O) groups is 2. The zero-order valence-corrected chi connectivity index (χ0v) is 14.7. The maximum atomic E-state index is 12.1. The first-order valence-corrected chi connectivity index (χ1v) is 8.82. The van der Waals surface area contributed by atoms with E-state index in [1.807, 2.05) is 19.9 Å². The Bertz CT molecular complexity index is 595. The average Bonchev–Trinajstić information content (AvgIpc) is 2.47. The third-order valence-electron chi connectivity index (χ3n) is 3.47. The summed E-state index contributed by atoms with van der Waals surface area (Å²) in [7, 11) is 0. The smallest absolute Gasteiger partial charge is 0.238 e. The van der Waals surface area contributed by atoms with Crippen LogP contribution in [0, 0.1) is 5.92 Å². The number of hydrogen-bond donors (Lipinski definition) is 3. The predicted molar refractivity (Wildman–Crippen MR) is 92.8 cm³/mol. The first-order valence-electron chi connectivity index (χ1n) is 7.56. The van der Waals surface area contributed by atoms with Gasteiger partial charge in [0.15, 0.2) is 0 Å². The summed E-state index contributed by atoms with van der Waals surface area (Å²) in [5, 5.41) is 15.0. The molecule has 7 heteroatoms. The van der Waals surface area contributed by atoms with Crippen molar-refractivity contribution < 1.29 is 14.7 Å². The number of rotatable bonds is 6. The van der Waals surface area contributed by atoms with E-state index in [4.69, 9.17) is 11.6 Å². The SMILES string of the molecule is CC(C)C[C@@H](CO)NC(=O)C[C@H]1Sc2ccc(Cl)cc2NC1=O. The molecule has 1 aliphatic heterocycles. The Morgan fingerprint density at radius 3 is 2.87 bits per heavy atom. The van der Waals surface area contributed by atoms with Crippen LogP contribution in [0.4, 0.5) is 5.69 Å². The van der Waals surface area contributed by atoms with Crippen LogP contribution in [-0.4, -0.2) is 34.8 Å². The lowest BCUT2D eigenvalue weighted by Gasteiger charge is -2.25. The molecule has 0 aromatic heterocycles. The van der Waals surface area contributed by atoms with Gasteiger partial charge in [-0.05, 0) is 30.5 Å².